The molecular formula is C13H25F3N2. The van der Waals surface area contributed by atoms with Gasteiger partial charge in [-0.15, -0.1) is 0 Å². The minimum atomic E-state index is -4.12. The number of hydrogen-bond donors (Lipinski definition) is 0. The maximum absolute atomic E-state index is 12.9. The average molecular weight is 266 g/mol. The lowest BCUT2D eigenvalue weighted by molar-refractivity contribution is -0.218. The summed E-state index contributed by atoms with van der Waals surface area (Å²) in [6.45, 7) is 8.25. The van der Waals surface area contributed by atoms with Crippen LogP contribution in [0.15, 0.2) is 0 Å². The van der Waals surface area contributed by atoms with Gasteiger partial charge in [0.2, 0.25) is 0 Å². The largest absolute Gasteiger partial charge is 0.394 e. The van der Waals surface area contributed by atoms with Gasteiger partial charge in [0.1, 0.15) is 0 Å². The minimum absolute atomic E-state index is 0.0373. The molecule has 0 aromatic carbocycles. The van der Waals surface area contributed by atoms with E-state index in [1.165, 1.54) is 13.8 Å². The van der Waals surface area contributed by atoms with Crippen LogP contribution in [0.3, 0.4) is 0 Å². The van der Waals surface area contributed by atoms with Gasteiger partial charge in [-0.1, -0.05) is 20.8 Å². The Labute approximate surface area is 108 Å². The van der Waals surface area contributed by atoms with Crippen LogP contribution >= 0.6 is 0 Å². The Kier molecular flexibility index (Phi) is 5.06. The molecule has 18 heavy (non-hydrogen) atoms. The first-order valence-electron chi connectivity index (χ1n) is 6.66. The van der Waals surface area contributed by atoms with Crippen LogP contribution in [0.25, 0.3) is 0 Å². The van der Waals surface area contributed by atoms with E-state index in [4.69, 9.17) is 0 Å². The van der Waals surface area contributed by atoms with Crippen LogP contribution < -0.4 is 0 Å². The fourth-order valence-corrected chi connectivity index (χ4v) is 2.42. The summed E-state index contributed by atoms with van der Waals surface area (Å²) in [5.74, 6) is 0. The summed E-state index contributed by atoms with van der Waals surface area (Å²) in [7, 11) is 2.05. The van der Waals surface area contributed by atoms with Crippen molar-refractivity contribution in [3.05, 3.63) is 0 Å². The quantitative estimate of drug-likeness (QED) is 0.772. The van der Waals surface area contributed by atoms with Crippen molar-refractivity contribution >= 4 is 0 Å². The molecule has 1 unspecified atom stereocenters. The van der Waals surface area contributed by atoms with E-state index in [1.54, 1.807) is 0 Å². The highest BCUT2D eigenvalue weighted by Crippen LogP contribution is 2.42. The van der Waals surface area contributed by atoms with E-state index < -0.39 is 11.6 Å². The summed E-state index contributed by atoms with van der Waals surface area (Å²) < 4.78 is 38.8. The van der Waals surface area contributed by atoms with Gasteiger partial charge >= 0.3 is 6.18 Å². The predicted octanol–water partition coefficient (Wildman–Crippen LogP) is 2.99. The van der Waals surface area contributed by atoms with Gasteiger partial charge < -0.3 is 4.90 Å². The molecule has 5 heteroatoms. The van der Waals surface area contributed by atoms with Gasteiger partial charge in [-0.3, -0.25) is 4.90 Å². The smallest absolute Gasteiger partial charge is 0.304 e. The van der Waals surface area contributed by atoms with E-state index in [0.717, 1.165) is 32.6 Å². The number of alkyl halides is 3. The zero-order chi connectivity index (χ0) is 14.0. The molecule has 1 aliphatic heterocycles. The minimum Gasteiger partial charge on any atom is -0.304 e. The van der Waals surface area contributed by atoms with E-state index in [-0.39, 0.29) is 12.5 Å². The maximum atomic E-state index is 12.9. The zero-order valence-electron chi connectivity index (χ0n) is 11.8. The molecule has 0 bridgehead atoms. The summed E-state index contributed by atoms with van der Waals surface area (Å²) in [6.07, 6.45) is -3.15. The molecule has 1 aliphatic rings. The van der Waals surface area contributed by atoms with Crippen molar-refractivity contribution in [1.82, 2.24) is 9.80 Å². The van der Waals surface area contributed by atoms with Crippen LogP contribution in [0.5, 0.6) is 0 Å². The molecule has 1 rings (SSSR count). The van der Waals surface area contributed by atoms with Crippen LogP contribution in [-0.4, -0.2) is 55.2 Å². The van der Waals surface area contributed by atoms with Crippen LogP contribution in [0, 0.1) is 5.41 Å². The molecule has 2 nitrogen and oxygen atoms in total. The number of hydrogen-bond acceptors (Lipinski definition) is 2. The van der Waals surface area contributed by atoms with E-state index >= 15 is 0 Å². The zero-order valence-corrected chi connectivity index (χ0v) is 11.8. The second-order valence-electron chi connectivity index (χ2n) is 5.99. The fourth-order valence-electron chi connectivity index (χ4n) is 2.42. The van der Waals surface area contributed by atoms with Crippen molar-refractivity contribution in [2.75, 3.05) is 33.2 Å². The highest BCUT2D eigenvalue weighted by Gasteiger charge is 2.48. The number of halogens is 3. The summed E-state index contributed by atoms with van der Waals surface area (Å²) in [5.41, 5.74) is -1.60. The van der Waals surface area contributed by atoms with Crippen molar-refractivity contribution in [3.8, 4) is 0 Å². The lowest BCUT2D eigenvalue weighted by Crippen LogP contribution is -2.51. The molecule has 108 valence electrons. The van der Waals surface area contributed by atoms with Gasteiger partial charge in [-0.25, -0.2) is 0 Å². The molecule has 1 heterocycles. The normalized spacial score (nSPS) is 22.2. The van der Waals surface area contributed by atoms with Gasteiger partial charge in [-0.05, 0) is 19.9 Å². The van der Waals surface area contributed by atoms with Gasteiger partial charge in [0, 0.05) is 32.2 Å². The molecule has 1 fully saturated rings. The molecule has 0 N–H and O–H groups in total. The topological polar surface area (TPSA) is 6.48 Å². The molecule has 1 saturated heterocycles. The summed E-state index contributed by atoms with van der Waals surface area (Å²) in [4.78, 5) is 4.44. The highest BCUT2D eigenvalue weighted by atomic mass is 19.4. The Hall–Kier alpha value is -0.290. The third kappa shape index (κ3) is 3.85. The van der Waals surface area contributed by atoms with Gasteiger partial charge in [0.25, 0.3) is 0 Å². The van der Waals surface area contributed by atoms with Crippen LogP contribution in [-0.2, 0) is 0 Å². The van der Waals surface area contributed by atoms with Gasteiger partial charge in [-0.2, -0.15) is 13.2 Å². The summed E-state index contributed by atoms with van der Waals surface area (Å²) in [6, 6.07) is 0.0373. The lowest BCUT2D eigenvalue weighted by Gasteiger charge is -2.41. The van der Waals surface area contributed by atoms with Crippen molar-refractivity contribution in [3.63, 3.8) is 0 Å². The van der Waals surface area contributed by atoms with Crippen LogP contribution in [0.1, 0.15) is 33.6 Å². The fraction of sp³-hybridized carbons (Fsp3) is 1.00. The maximum Gasteiger partial charge on any atom is 0.394 e. The first-order valence-corrected chi connectivity index (χ1v) is 6.66. The standard InChI is InChI=1S/C13H25F3N2/c1-5-11(10-12(2,3)13(14,15)16)18-8-6-17(4)7-9-18/h11H,5-10H2,1-4H3. The molecule has 0 radical (unpaired) electrons. The molecule has 0 aliphatic carbocycles. The Morgan fingerprint density at radius 1 is 1.06 bits per heavy atom. The molecule has 0 aromatic heterocycles. The first kappa shape index (κ1) is 15.8. The van der Waals surface area contributed by atoms with Crippen molar-refractivity contribution in [2.45, 2.75) is 45.8 Å². The third-order valence-corrected chi connectivity index (χ3v) is 4.04. The molecule has 0 amide bonds. The van der Waals surface area contributed by atoms with Gasteiger partial charge in [0.15, 0.2) is 0 Å². The second-order valence-corrected chi connectivity index (χ2v) is 5.99. The third-order valence-electron chi connectivity index (χ3n) is 4.04. The Balaban J connectivity index is 2.62. The van der Waals surface area contributed by atoms with Crippen LogP contribution in [0.4, 0.5) is 13.2 Å². The lowest BCUT2D eigenvalue weighted by atomic mass is 9.83. The Morgan fingerprint density at radius 3 is 1.94 bits per heavy atom. The number of nitrogens with zero attached hydrogens (tertiary/aromatic N) is 2. The predicted molar refractivity (Wildman–Crippen MR) is 67.6 cm³/mol. The van der Waals surface area contributed by atoms with Gasteiger partial charge in [0.05, 0.1) is 5.41 Å². The summed E-state index contributed by atoms with van der Waals surface area (Å²) in [5, 5.41) is 0. The first-order chi connectivity index (χ1) is 8.17. The van der Waals surface area contributed by atoms with Crippen molar-refractivity contribution in [2.24, 2.45) is 5.41 Å². The Morgan fingerprint density at radius 2 is 1.56 bits per heavy atom. The SMILES string of the molecule is CCC(CC(C)(C)C(F)(F)F)N1CCN(C)CC1. The number of likely N-dealkylation sites (N-methyl/N-ethyl adjacent to an activating group) is 1. The second kappa shape index (κ2) is 5.78. The van der Waals surface area contributed by atoms with E-state index in [9.17, 15) is 13.2 Å². The number of rotatable bonds is 4. The number of piperazine rings is 1. The molecule has 0 saturated carbocycles. The van der Waals surface area contributed by atoms with E-state index in [1.807, 2.05) is 6.92 Å². The average Bonchev–Trinajstić information content (AvgIpc) is 2.25. The van der Waals surface area contributed by atoms with Crippen molar-refractivity contribution < 1.29 is 13.2 Å². The molecular weight excluding hydrogens is 241 g/mol. The molecule has 0 spiro atoms. The highest BCUT2D eigenvalue weighted by molar-refractivity contribution is 4.86. The van der Waals surface area contributed by atoms with Crippen molar-refractivity contribution in [1.29, 1.82) is 0 Å². The van der Waals surface area contributed by atoms with Crippen LogP contribution in [0.2, 0.25) is 0 Å². The van der Waals surface area contributed by atoms with E-state index in [0.29, 0.717) is 0 Å². The monoisotopic (exact) mass is 266 g/mol. The summed E-state index contributed by atoms with van der Waals surface area (Å²) >= 11 is 0. The van der Waals surface area contributed by atoms with E-state index in [2.05, 4.69) is 16.8 Å². The Bertz CT molecular complexity index is 255. The molecule has 1 atom stereocenters. The molecule has 0 aromatic rings.